The second-order valence-electron chi connectivity index (χ2n) is 5.01. The first-order chi connectivity index (χ1) is 6.91. The fraction of sp³-hybridized carbons (Fsp3) is 0.909. The van der Waals surface area contributed by atoms with Gasteiger partial charge in [-0.2, -0.15) is 0 Å². The van der Waals surface area contributed by atoms with E-state index in [0.29, 0.717) is 6.42 Å². The first-order valence-electron chi connectivity index (χ1n) is 5.62. The average molecular weight is 214 g/mol. The van der Waals surface area contributed by atoms with E-state index in [4.69, 9.17) is 10.5 Å². The summed E-state index contributed by atoms with van der Waals surface area (Å²) in [5.74, 6) is -0.141. The Morgan fingerprint density at radius 1 is 1.67 bits per heavy atom. The van der Waals surface area contributed by atoms with E-state index in [9.17, 15) is 4.79 Å². The quantitative estimate of drug-likeness (QED) is 0.679. The Morgan fingerprint density at radius 2 is 2.33 bits per heavy atom. The van der Waals surface area contributed by atoms with Crippen LogP contribution in [-0.2, 0) is 9.53 Å². The van der Waals surface area contributed by atoms with E-state index in [1.54, 1.807) is 0 Å². The number of nitrogens with two attached hydrogens (primary N) is 1. The fourth-order valence-corrected chi connectivity index (χ4v) is 2.05. The van der Waals surface area contributed by atoms with Gasteiger partial charge >= 0.3 is 5.97 Å². The molecule has 4 heteroatoms. The predicted molar refractivity (Wildman–Crippen MR) is 59.5 cm³/mol. The summed E-state index contributed by atoms with van der Waals surface area (Å²) in [6.07, 6.45) is 2.62. The summed E-state index contributed by atoms with van der Waals surface area (Å²) in [5.41, 5.74) is 5.24. The second-order valence-corrected chi connectivity index (χ2v) is 5.01. The molecule has 0 aromatic carbocycles. The number of ether oxygens (including phenoxy) is 1. The SMILES string of the molecule is CC(N)CC(C)(C)OC(=O)[C@H]1CCCN1. The predicted octanol–water partition coefficient (Wildman–Crippen LogP) is 0.797. The first-order valence-corrected chi connectivity index (χ1v) is 5.62. The standard InChI is InChI=1S/C11H22N2O2/c1-8(12)7-11(2,3)15-10(14)9-5-4-6-13-9/h8-9,13H,4-7,12H2,1-3H3/t8?,9-/m1/s1. The number of carbonyl (C=O) groups is 1. The maximum atomic E-state index is 11.7. The summed E-state index contributed by atoms with van der Waals surface area (Å²) in [6, 6.07) is -0.0679. The number of rotatable bonds is 4. The molecule has 4 nitrogen and oxygen atoms in total. The molecular formula is C11H22N2O2. The zero-order valence-corrected chi connectivity index (χ0v) is 9.88. The zero-order valence-electron chi connectivity index (χ0n) is 9.88. The van der Waals surface area contributed by atoms with Gasteiger partial charge in [0.2, 0.25) is 0 Å². The third kappa shape index (κ3) is 4.18. The second kappa shape index (κ2) is 4.94. The van der Waals surface area contributed by atoms with Crippen molar-refractivity contribution in [3.8, 4) is 0 Å². The van der Waals surface area contributed by atoms with E-state index in [1.165, 1.54) is 0 Å². The molecule has 0 amide bonds. The van der Waals surface area contributed by atoms with Gasteiger partial charge in [0.15, 0.2) is 0 Å². The van der Waals surface area contributed by atoms with Crippen molar-refractivity contribution in [2.75, 3.05) is 6.54 Å². The lowest BCUT2D eigenvalue weighted by Gasteiger charge is -2.28. The molecule has 15 heavy (non-hydrogen) atoms. The molecule has 0 saturated carbocycles. The van der Waals surface area contributed by atoms with Crippen LogP contribution in [0.4, 0.5) is 0 Å². The highest BCUT2D eigenvalue weighted by Crippen LogP contribution is 2.18. The van der Waals surface area contributed by atoms with Crippen molar-refractivity contribution in [3.63, 3.8) is 0 Å². The summed E-state index contributed by atoms with van der Waals surface area (Å²) in [7, 11) is 0. The number of hydrogen-bond acceptors (Lipinski definition) is 4. The lowest BCUT2D eigenvalue weighted by atomic mass is 10.0. The van der Waals surface area contributed by atoms with Crippen molar-refractivity contribution in [3.05, 3.63) is 0 Å². The molecule has 2 atom stereocenters. The number of carbonyl (C=O) groups excluding carboxylic acids is 1. The monoisotopic (exact) mass is 214 g/mol. The number of hydrogen-bond donors (Lipinski definition) is 2. The van der Waals surface area contributed by atoms with Crippen LogP contribution >= 0.6 is 0 Å². The third-order valence-electron chi connectivity index (χ3n) is 2.54. The number of esters is 1. The highest BCUT2D eigenvalue weighted by molar-refractivity contribution is 5.76. The molecule has 0 bridgehead atoms. The topological polar surface area (TPSA) is 64.3 Å². The van der Waals surface area contributed by atoms with Gasteiger partial charge in [0, 0.05) is 12.5 Å². The largest absolute Gasteiger partial charge is 0.458 e. The molecule has 88 valence electrons. The van der Waals surface area contributed by atoms with Gasteiger partial charge in [0.25, 0.3) is 0 Å². The lowest BCUT2D eigenvalue weighted by molar-refractivity contribution is -0.159. The normalized spacial score (nSPS) is 23.9. The lowest BCUT2D eigenvalue weighted by Crippen LogP contribution is -2.41. The molecule has 1 aliphatic rings. The average Bonchev–Trinajstić information content (AvgIpc) is 2.50. The van der Waals surface area contributed by atoms with Gasteiger partial charge in [-0.15, -0.1) is 0 Å². The van der Waals surface area contributed by atoms with Crippen molar-refractivity contribution in [1.29, 1.82) is 0 Å². The van der Waals surface area contributed by atoms with Crippen molar-refractivity contribution in [1.82, 2.24) is 5.32 Å². The van der Waals surface area contributed by atoms with Crippen LogP contribution < -0.4 is 11.1 Å². The van der Waals surface area contributed by atoms with Crippen molar-refractivity contribution < 1.29 is 9.53 Å². The van der Waals surface area contributed by atoms with E-state index in [1.807, 2.05) is 20.8 Å². The van der Waals surface area contributed by atoms with Crippen LogP contribution in [0, 0.1) is 0 Å². The zero-order chi connectivity index (χ0) is 11.5. The molecule has 1 rings (SSSR count). The first kappa shape index (κ1) is 12.5. The van der Waals surface area contributed by atoms with Crippen molar-refractivity contribution >= 4 is 5.97 Å². The molecule has 0 aromatic rings. The molecule has 0 spiro atoms. The minimum Gasteiger partial charge on any atom is -0.458 e. The molecule has 3 N–H and O–H groups in total. The Bertz CT molecular complexity index is 221. The fourth-order valence-electron chi connectivity index (χ4n) is 2.05. The van der Waals surface area contributed by atoms with E-state index < -0.39 is 5.60 Å². The third-order valence-corrected chi connectivity index (χ3v) is 2.54. The van der Waals surface area contributed by atoms with Gasteiger partial charge in [-0.25, -0.2) is 0 Å². The van der Waals surface area contributed by atoms with Gasteiger partial charge in [-0.1, -0.05) is 0 Å². The smallest absolute Gasteiger partial charge is 0.323 e. The van der Waals surface area contributed by atoms with Crippen LogP contribution in [0.3, 0.4) is 0 Å². The summed E-state index contributed by atoms with van der Waals surface area (Å²) >= 11 is 0. The van der Waals surface area contributed by atoms with Crippen molar-refractivity contribution in [2.45, 2.75) is 57.7 Å². The van der Waals surface area contributed by atoms with Gasteiger partial charge in [0.05, 0.1) is 0 Å². The Hall–Kier alpha value is -0.610. The Morgan fingerprint density at radius 3 is 2.80 bits per heavy atom. The summed E-state index contributed by atoms with van der Waals surface area (Å²) in [5, 5.41) is 3.13. The van der Waals surface area contributed by atoms with Crippen LogP contribution in [0.2, 0.25) is 0 Å². The van der Waals surface area contributed by atoms with Gasteiger partial charge < -0.3 is 15.8 Å². The van der Waals surface area contributed by atoms with Crippen LogP contribution in [0.1, 0.15) is 40.0 Å². The van der Waals surface area contributed by atoms with Gasteiger partial charge in [-0.05, 0) is 40.2 Å². The molecular weight excluding hydrogens is 192 g/mol. The molecule has 0 aliphatic carbocycles. The summed E-state index contributed by atoms with van der Waals surface area (Å²) in [4.78, 5) is 11.7. The Balaban J connectivity index is 2.41. The highest BCUT2D eigenvalue weighted by Gasteiger charge is 2.30. The molecule has 1 unspecified atom stereocenters. The summed E-state index contributed by atoms with van der Waals surface area (Å²) < 4.78 is 5.45. The van der Waals surface area contributed by atoms with Crippen LogP contribution in [0.15, 0.2) is 0 Å². The van der Waals surface area contributed by atoms with E-state index >= 15 is 0 Å². The molecule has 1 saturated heterocycles. The molecule has 1 heterocycles. The van der Waals surface area contributed by atoms with Gasteiger partial charge in [-0.3, -0.25) is 4.79 Å². The number of nitrogens with one attached hydrogen (secondary N) is 1. The highest BCUT2D eigenvalue weighted by atomic mass is 16.6. The molecule has 0 aromatic heterocycles. The van der Waals surface area contributed by atoms with Crippen molar-refractivity contribution in [2.24, 2.45) is 5.73 Å². The molecule has 0 radical (unpaired) electrons. The van der Waals surface area contributed by atoms with Gasteiger partial charge in [0.1, 0.15) is 11.6 Å². The van der Waals surface area contributed by atoms with Crippen LogP contribution in [0.5, 0.6) is 0 Å². The molecule has 1 fully saturated rings. The van der Waals surface area contributed by atoms with Crippen LogP contribution in [-0.4, -0.2) is 30.2 Å². The van der Waals surface area contributed by atoms with E-state index in [0.717, 1.165) is 19.4 Å². The van der Waals surface area contributed by atoms with Crippen LogP contribution in [0.25, 0.3) is 0 Å². The Labute approximate surface area is 91.5 Å². The van der Waals surface area contributed by atoms with E-state index in [2.05, 4.69) is 5.32 Å². The maximum absolute atomic E-state index is 11.7. The maximum Gasteiger partial charge on any atom is 0.323 e. The molecule has 1 aliphatic heterocycles. The van der Waals surface area contributed by atoms with E-state index in [-0.39, 0.29) is 18.1 Å². The Kier molecular flexibility index (Phi) is 4.11. The minimum atomic E-state index is -0.463. The summed E-state index contributed by atoms with van der Waals surface area (Å²) in [6.45, 7) is 6.64. The minimum absolute atomic E-state index is 0.0457.